The lowest BCUT2D eigenvalue weighted by Crippen LogP contribution is -2.25. The van der Waals surface area contributed by atoms with Crippen LogP contribution in [0, 0.1) is 0 Å². The number of nitrogens with zero attached hydrogens (tertiary/aromatic N) is 2. The Bertz CT molecular complexity index is 698. The van der Waals surface area contributed by atoms with Crippen LogP contribution >= 0.6 is 0 Å². The van der Waals surface area contributed by atoms with Crippen LogP contribution < -0.4 is 4.72 Å². The third-order valence-electron chi connectivity index (χ3n) is 3.88. The number of benzene rings is 1. The third kappa shape index (κ3) is 4.31. The molecule has 0 atom stereocenters. The number of rotatable bonds is 7. The SMILES string of the molecule is CCN(C)C(=O)CCCCCN=C1NS(=O)(=O)c2ccccc21. The lowest BCUT2D eigenvalue weighted by Gasteiger charge is -2.13. The van der Waals surface area contributed by atoms with E-state index >= 15 is 0 Å². The van der Waals surface area contributed by atoms with E-state index in [4.69, 9.17) is 0 Å². The Kier molecular flexibility index (Phi) is 5.76. The van der Waals surface area contributed by atoms with Crippen LogP contribution in [0.2, 0.25) is 0 Å². The molecule has 0 bridgehead atoms. The molecule has 2 rings (SSSR count). The first-order chi connectivity index (χ1) is 11.0. The highest BCUT2D eigenvalue weighted by molar-refractivity contribution is 7.90. The summed E-state index contributed by atoms with van der Waals surface area (Å²) in [5, 5.41) is 0. The van der Waals surface area contributed by atoms with Crippen molar-refractivity contribution in [1.82, 2.24) is 9.62 Å². The molecule has 1 N–H and O–H groups in total. The van der Waals surface area contributed by atoms with Crippen molar-refractivity contribution in [1.29, 1.82) is 0 Å². The number of aliphatic imine (C=N–C) groups is 1. The molecule has 0 unspecified atom stereocenters. The van der Waals surface area contributed by atoms with E-state index in [1.165, 1.54) is 0 Å². The highest BCUT2D eigenvalue weighted by Gasteiger charge is 2.29. The van der Waals surface area contributed by atoms with Crippen molar-refractivity contribution in [2.75, 3.05) is 20.1 Å². The van der Waals surface area contributed by atoms with Crippen molar-refractivity contribution < 1.29 is 13.2 Å². The number of carbonyl (C=O) groups is 1. The van der Waals surface area contributed by atoms with Crippen molar-refractivity contribution in [3.05, 3.63) is 29.8 Å². The van der Waals surface area contributed by atoms with E-state index < -0.39 is 10.0 Å². The molecular weight excluding hydrogens is 314 g/mol. The molecule has 0 saturated carbocycles. The Morgan fingerprint density at radius 1 is 1.22 bits per heavy atom. The second-order valence-corrected chi connectivity index (χ2v) is 7.20. The van der Waals surface area contributed by atoms with Gasteiger partial charge in [0.25, 0.3) is 10.0 Å². The summed E-state index contributed by atoms with van der Waals surface area (Å²) in [6, 6.07) is 6.83. The number of nitrogens with one attached hydrogen (secondary N) is 1. The largest absolute Gasteiger partial charge is 0.346 e. The molecule has 0 aromatic heterocycles. The minimum absolute atomic E-state index is 0.163. The molecule has 0 radical (unpaired) electrons. The molecule has 1 aliphatic heterocycles. The van der Waals surface area contributed by atoms with Crippen molar-refractivity contribution in [2.24, 2.45) is 4.99 Å². The summed E-state index contributed by atoms with van der Waals surface area (Å²) < 4.78 is 26.4. The van der Waals surface area contributed by atoms with Gasteiger partial charge in [-0.15, -0.1) is 0 Å². The zero-order chi connectivity index (χ0) is 16.9. The number of hydrogen-bond acceptors (Lipinski definition) is 4. The van der Waals surface area contributed by atoms with Crippen molar-refractivity contribution in [3.63, 3.8) is 0 Å². The number of sulfonamides is 1. The molecule has 0 aliphatic carbocycles. The summed E-state index contributed by atoms with van der Waals surface area (Å²) in [4.78, 5) is 18.0. The first-order valence-corrected chi connectivity index (χ1v) is 9.34. The van der Waals surface area contributed by atoms with Crippen LogP contribution in [-0.4, -0.2) is 45.2 Å². The first kappa shape index (κ1) is 17.5. The van der Waals surface area contributed by atoms with Gasteiger partial charge in [0.2, 0.25) is 5.91 Å². The van der Waals surface area contributed by atoms with Gasteiger partial charge in [-0.1, -0.05) is 18.6 Å². The predicted molar refractivity (Wildman–Crippen MR) is 89.9 cm³/mol. The number of amidine groups is 1. The molecule has 1 aromatic rings. The molecule has 0 spiro atoms. The topological polar surface area (TPSA) is 78.8 Å². The van der Waals surface area contributed by atoms with Crippen LogP contribution in [0.4, 0.5) is 0 Å². The van der Waals surface area contributed by atoms with Gasteiger partial charge in [0, 0.05) is 32.1 Å². The summed E-state index contributed by atoms with van der Waals surface area (Å²) in [5.41, 5.74) is 0.632. The van der Waals surface area contributed by atoms with E-state index in [2.05, 4.69) is 9.71 Å². The zero-order valence-corrected chi connectivity index (χ0v) is 14.4. The molecule has 6 nitrogen and oxygen atoms in total. The molecule has 0 fully saturated rings. The van der Waals surface area contributed by atoms with Crippen LogP contribution in [0.25, 0.3) is 0 Å². The molecule has 1 aromatic carbocycles. The number of carbonyl (C=O) groups excluding carboxylic acids is 1. The predicted octanol–water partition coefficient (Wildman–Crippen LogP) is 1.76. The minimum atomic E-state index is -3.46. The summed E-state index contributed by atoms with van der Waals surface area (Å²) in [6.45, 7) is 3.23. The van der Waals surface area contributed by atoms with E-state index in [1.807, 2.05) is 6.92 Å². The summed E-state index contributed by atoms with van der Waals surface area (Å²) in [6.07, 6.45) is 3.11. The molecule has 0 saturated heterocycles. The number of amides is 1. The molecule has 126 valence electrons. The van der Waals surface area contributed by atoms with Crippen LogP contribution in [0.15, 0.2) is 34.2 Å². The van der Waals surface area contributed by atoms with Crippen LogP contribution in [0.3, 0.4) is 0 Å². The minimum Gasteiger partial charge on any atom is -0.346 e. The van der Waals surface area contributed by atoms with Gasteiger partial charge in [0.1, 0.15) is 5.84 Å². The second-order valence-electron chi connectivity index (χ2n) is 5.55. The fraction of sp³-hybridized carbons (Fsp3) is 0.500. The highest BCUT2D eigenvalue weighted by Crippen LogP contribution is 2.22. The Balaban J connectivity index is 1.81. The Labute approximate surface area is 137 Å². The lowest BCUT2D eigenvalue weighted by atomic mass is 10.1. The fourth-order valence-corrected chi connectivity index (χ4v) is 3.63. The average Bonchev–Trinajstić information content (AvgIpc) is 2.81. The van der Waals surface area contributed by atoms with E-state index in [9.17, 15) is 13.2 Å². The maximum absolute atomic E-state index is 11.9. The van der Waals surface area contributed by atoms with Gasteiger partial charge in [0.15, 0.2) is 0 Å². The number of fused-ring (bicyclic) bond motifs is 1. The normalized spacial score (nSPS) is 16.9. The van der Waals surface area contributed by atoms with Gasteiger partial charge >= 0.3 is 0 Å². The van der Waals surface area contributed by atoms with Gasteiger partial charge in [-0.2, -0.15) is 0 Å². The van der Waals surface area contributed by atoms with Crippen LogP contribution in [-0.2, 0) is 14.8 Å². The molecule has 1 aliphatic rings. The third-order valence-corrected chi connectivity index (χ3v) is 5.28. The second kappa shape index (κ2) is 7.59. The Morgan fingerprint density at radius 2 is 1.96 bits per heavy atom. The summed E-state index contributed by atoms with van der Waals surface area (Å²) >= 11 is 0. The van der Waals surface area contributed by atoms with Crippen molar-refractivity contribution >= 4 is 21.8 Å². The van der Waals surface area contributed by atoms with Gasteiger partial charge in [-0.3, -0.25) is 14.5 Å². The zero-order valence-electron chi connectivity index (χ0n) is 13.6. The molecule has 1 heterocycles. The van der Waals surface area contributed by atoms with Gasteiger partial charge in [-0.25, -0.2) is 8.42 Å². The molecular formula is C16H23N3O3S. The van der Waals surface area contributed by atoms with Gasteiger partial charge in [0.05, 0.1) is 4.90 Å². The maximum atomic E-state index is 11.9. The molecule has 7 heteroatoms. The first-order valence-electron chi connectivity index (χ1n) is 7.86. The molecule has 1 amide bonds. The quantitative estimate of drug-likeness (QED) is 0.770. The summed E-state index contributed by atoms with van der Waals surface area (Å²) in [5.74, 6) is 0.582. The van der Waals surface area contributed by atoms with Crippen LogP contribution in [0.5, 0.6) is 0 Å². The van der Waals surface area contributed by atoms with E-state index in [-0.39, 0.29) is 10.8 Å². The molecule has 23 heavy (non-hydrogen) atoms. The van der Waals surface area contributed by atoms with E-state index in [1.54, 1.807) is 36.2 Å². The smallest absolute Gasteiger partial charge is 0.263 e. The maximum Gasteiger partial charge on any atom is 0.263 e. The highest BCUT2D eigenvalue weighted by atomic mass is 32.2. The average molecular weight is 337 g/mol. The number of unbranched alkanes of at least 4 members (excludes halogenated alkanes) is 2. The van der Waals surface area contributed by atoms with Gasteiger partial charge in [-0.05, 0) is 31.9 Å². The van der Waals surface area contributed by atoms with E-state index in [0.29, 0.717) is 24.4 Å². The standard InChI is InChI=1S/C16H23N3O3S/c1-3-19(2)15(20)11-5-4-8-12-17-16-13-9-6-7-10-14(13)23(21,22)18-16/h6-7,9-10H,3-5,8,11-12H2,1-2H3,(H,17,18). The van der Waals surface area contributed by atoms with E-state index in [0.717, 1.165) is 25.8 Å². The van der Waals surface area contributed by atoms with Crippen molar-refractivity contribution in [3.8, 4) is 0 Å². The summed E-state index contributed by atoms with van der Waals surface area (Å²) in [7, 11) is -1.65. The van der Waals surface area contributed by atoms with Crippen LogP contribution in [0.1, 0.15) is 38.2 Å². The fourth-order valence-electron chi connectivity index (χ4n) is 2.37. The monoisotopic (exact) mass is 337 g/mol. The number of hydrogen-bond donors (Lipinski definition) is 1. The lowest BCUT2D eigenvalue weighted by molar-refractivity contribution is -0.129. The van der Waals surface area contributed by atoms with Crippen molar-refractivity contribution in [2.45, 2.75) is 37.5 Å². The Morgan fingerprint density at radius 3 is 2.70 bits per heavy atom. The Hall–Kier alpha value is -1.89. The van der Waals surface area contributed by atoms with Gasteiger partial charge < -0.3 is 4.90 Å².